The van der Waals surface area contributed by atoms with Crippen molar-refractivity contribution in [3.63, 3.8) is 0 Å². The van der Waals surface area contributed by atoms with Crippen molar-refractivity contribution < 1.29 is 14.3 Å². The van der Waals surface area contributed by atoms with E-state index in [0.717, 1.165) is 51.7 Å². The normalized spacial score (nSPS) is 18.6. The molecular formula is C29H33N3O3. The lowest BCUT2D eigenvalue weighted by Crippen LogP contribution is -2.33. The topological polar surface area (TPSA) is 62.7 Å². The Hall–Kier alpha value is -3.41. The van der Waals surface area contributed by atoms with Crippen molar-refractivity contribution in [1.82, 2.24) is 14.8 Å². The highest BCUT2D eigenvalue weighted by Gasteiger charge is 2.25. The summed E-state index contributed by atoms with van der Waals surface area (Å²) in [6.07, 6.45) is 9.54. The molecule has 2 aliphatic rings. The van der Waals surface area contributed by atoms with Crippen LogP contribution in [0.3, 0.4) is 0 Å². The third-order valence-electron chi connectivity index (χ3n) is 7.30. The number of fused-ring (bicyclic) bond motifs is 1. The average molecular weight is 472 g/mol. The minimum absolute atomic E-state index is 0.0327. The Morgan fingerprint density at radius 1 is 0.971 bits per heavy atom. The van der Waals surface area contributed by atoms with E-state index in [-0.39, 0.29) is 11.8 Å². The number of carbonyl (C=O) groups is 2. The largest absolute Gasteiger partial charge is 0.491 e. The van der Waals surface area contributed by atoms with Crippen LogP contribution >= 0.6 is 0 Å². The average Bonchev–Trinajstić information content (AvgIpc) is 3.15. The predicted octanol–water partition coefficient (Wildman–Crippen LogP) is 4.72. The second-order valence-corrected chi connectivity index (χ2v) is 9.64. The summed E-state index contributed by atoms with van der Waals surface area (Å²) in [5.74, 6) is 1.36. The number of pyridine rings is 1. The highest BCUT2D eigenvalue weighted by Crippen LogP contribution is 2.27. The van der Waals surface area contributed by atoms with Gasteiger partial charge in [0, 0.05) is 43.8 Å². The standard InChI is InChI=1S/C29H33N3O3/c33-28-12-6-14-31(28)17-18-35-27-11-4-3-10-26(27)29(34)32-15-5-7-22(13-16-32)19-24-21-30-20-23-8-1-2-9-25(23)24/h1-4,8-11,20-22H,5-7,12-19H2/t22-/m1/s1. The predicted molar refractivity (Wildman–Crippen MR) is 136 cm³/mol. The first-order chi connectivity index (χ1) is 17.2. The van der Waals surface area contributed by atoms with Crippen molar-refractivity contribution in [1.29, 1.82) is 0 Å². The number of nitrogens with zero attached hydrogens (tertiary/aromatic N) is 3. The summed E-state index contributed by atoms with van der Waals surface area (Å²) in [4.78, 5) is 33.6. The van der Waals surface area contributed by atoms with Crippen LogP contribution in [0.15, 0.2) is 60.9 Å². The Balaban J connectivity index is 1.20. The third-order valence-corrected chi connectivity index (χ3v) is 7.30. The second kappa shape index (κ2) is 10.9. The number of hydrogen-bond donors (Lipinski definition) is 0. The summed E-state index contributed by atoms with van der Waals surface area (Å²) in [5.41, 5.74) is 1.90. The molecule has 2 amide bonds. The van der Waals surface area contributed by atoms with Gasteiger partial charge in [0.05, 0.1) is 12.1 Å². The summed E-state index contributed by atoms with van der Waals surface area (Å²) in [7, 11) is 0. The van der Waals surface area contributed by atoms with Crippen molar-refractivity contribution >= 4 is 22.6 Å². The Morgan fingerprint density at radius 2 is 1.83 bits per heavy atom. The van der Waals surface area contributed by atoms with Crippen LogP contribution in [0.1, 0.15) is 48.0 Å². The lowest BCUT2D eigenvalue weighted by Gasteiger charge is -2.23. The first kappa shape index (κ1) is 23.3. The number of rotatable bonds is 7. The van der Waals surface area contributed by atoms with Crippen LogP contribution in [0.25, 0.3) is 10.8 Å². The zero-order chi connectivity index (χ0) is 24.0. The van der Waals surface area contributed by atoms with Gasteiger partial charge in [0.2, 0.25) is 5.91 Å². The van der Waals surface area contributed by atoms with Crippen molar-refractivity contribution in [3.05, 3.63) is 72.1 Å². The quantitative estimate of drug-likeness (QED) is 0.500. The fourth-order valence-electron chi connectivity index (χ4n) is 5.37. The molecule has 2 saturated heterocycles. The summed E-state index contributed by atoms with van der Waals surface area (Å²) in [6, 6.07) is 15.9. The summed E-state index contributed by atoms with van der Waals surface area (Å²) in [6.45, 7) is 3.28. The number of para-hydroxylation sites is 1. The maximum atomic E-state index is 13.5. The van der Waals surface area contributed by atoms with Gasteiger partial charge in [-0.1, -0.05) is 36.4 Å². The van der Waals surface area contributed by atoms with Crippen LogP contribution in [0, 0.1) is 5.92 Å². The zero-order valence-electron chi connectivity index (χ0n) is 20.2. The van der Waals surface area contributed by atoms with E-state index < -0.39 is 0 Å². The minimum Gasteiger partial charge on any atom is -0.491 e. The molecule has 3 heterocycles. The first-order valence-corrected chi connectivity index (χ1v) is 12.8. The van der Waals surface area contributed by atoms with Crippen LogP contribution in [0.5, 0.6) is 5.75 Å². The van der Waals surface area contributed by atoms with Gasteiger partial charge < -0.3 is 14.5 Å². The molecule has 5 rings (SSSR count). The highest BCUT2D eigenvalue weighted by atomic mass is 16.5. The number of amides is 2. The van der Waals surface area contributed by atoms with Crippen molar-refractivity contribution in [2.24, 2.45) is 5.92 Å². The Morgan fingerprint density at radius 3 is 2.71 bits per heavy atom. The molecule has 6 nitrogen and oxygen atoms in total. The van der Waals surface area contributed by atoms with E-state index in [9.17, 15) is 9.59 Å². The zero-order valence-corrected chi connectivity index (χ0v) is 20.2. The van der Waals surface area contributed by atoms with Gasteiger partial charge in [-0.2, -0.15) is 0 Å². The van der Waals surface area contributed by atoms with E-state index in [1.807, 2.05) is 46.5 Å². The van der Waals surface area contributed by atoms with Crippen LogP contribution < -0.4 is 4.74 Å². The number of likely N-dealkylation sites (tertiary alicyclic amines) is 2. The fraction of sp³-hybridized carbons (Fsp3) is 0.414. The van der Waals surface area contributed by atoms with Gasteiger partial charge in [0.1, 0.15) is 12.4 Å². The number of aromatic nitrogens is 1. The van der Waals surface area contributed by atoms with Gasteiger partial charge in [-0.3, -0.25) is 14.6 Å². The number of benzene rings is 2. The summed E-state index contributed by atoms with van der Waals surface area (Å²) < 4.78 is 5.98. The molecular weight excluding hydrogens is 438 g/mol. The highest BCUT2D eigenvalue weighted by molar-refractivity contribution is 5.97. The van der Waals surface area contributed by atoms with Crippen LogP contribution in [0.2, 0.25) is 0 Å². The van der Waals surface area contributed by atoms with Crippen molar-refractivity contribution in [2.45, 2.75) is 38.5 Å². The molecule has 1 atom stereocenters. The van der Waals surface area contributed by atoms with E-state index >= 15 is 0 Å². The van der Waals surface area contributed by atoms with E-state index in [1.165, 1.54) is 16.3 Å². The number of hydrogen-bond acceptors (Lipinski definition) is 4. The molecule has 0 saturated carbocycles. The van der Waals surface area contributed by atoms with Gasteiger partial charge in [-0.15, -0.1) is 0 Å². The van der Waals surface area contributed by atoms with E-state index in [1.54, 1.807) is 0 Å². The Labute approximate surface area is 206 Å². The van der Waals surface area contributed by atoms with Gasteiger partial charge >= 0.3 is 0 Å². The van der Waals surface area contributed by atoms with E-state index in [0.29, 0.717) is 36.8 Å². The third kappa shape index (κ3) is 5.47. The Kier molecular flexibility index (Phi) is 7.26. The molecule has 2 aromatic carbocycles. The van der Waals surface area contributed by atoms with Crippen LogP contribution in [-0.2, 0) is 11.2 Å². The SMILES string of the molecule is O=C1CCCN1CCOc1ccccc1C(=O)N1CCC[C@@H](Cc2cncc3ccccc23)CC1. The molecule has 3 aromatic rings. The molecule has 0 aliphatic carbocycles. The Bertz CT molecular complexity index is 1190. The monoisotopic (exact) mass is 471 g/mol. The number of carbonyl (C=O) groups excluding carboxylic acids is 2. The molecule has 2 fully saturated rings. The van der Waals surface area contributed by atoms with Gasteiger partial charge in [-0.25, -0.2) is 0 Å². The first-order valence-electron chi connectivity index (χ1n) is 12.8. The minimum atomic E-state index is 0.0327. The molecule has 0 radical (unpaired) electrons. The van der Waals surface area contributed by atoms with Crippen molar-refractivity contribution in [2.75, 3.05) is 32.8 Å². The number of ether oxygens (including phenoxy) is 1. The van der Waals surface area contributed by atoms with Crippen LogP contribution in [-0.4, -0.2) is 59.4 Å². The van der Waals surface area contributed by atoms with Gasteiger partial charge in [0.25, 0.3) is 5.91 Å². The molecule has 1 aromatic heterocycles. The van der Waals surface area contributed by atoms with Gasteiger partial charge in [-0.05, 0) is 61.1 Å². The molecule has 2 aliphatic heterocycles. The van der Waals surface area contributed by atoms with Crippen molar-refractivity contribution in [3.8, 4) is 5.75 Å². The van der Waals surface area contributed by atoms with Crippen LogP contribution in [0.4, 0.5) is 0 Å². The molecule has 0 bridgehead atoms. The second-order valence-electron chi connectivity index (χ2n) is 9.64. The van der Waals surface area contributed by atoms with Gasteiger partial charge in [0.15, 0.2) is 0 Å². The molecule has 182 valence electrons. The fourth-order valence-corrected chi connectivity index (χ4v) is 5.37. The molecule has 0 spiro atoms. The van der Waals surface area contributed by atoms with E-state index in [2.05, 4.69) is 29.2 Å². The smallest absolute Gasteiger partial charge is 0.257 e. The lowest BCUT2D eigenvalue weighted by molar-refractivity contribution is -0.128. The lowest BCUT2D eigenvalue weighted by atomic mass is 9.91. The molecule has 0 unspecified atom stereocenters. The molecule has 6 heteroatoms. The maximum absolute atomic E-state index is 13.5. The maximum Gasteiger partial charge on any atom is 0.257 e. The summed E-state index contributed by atoms with van der Waals surface area (Å²) >= 11 is 0. The summed E-state index contributed by atoms with van der Waals surface area (Å²) in [5, 5.41) is 2.46. The van der Waals surface area contributed by atoms with E-state index in [4.69, 9.17) is 4.74 Å². The molecule has 35 heavy (non-hydrogen) atoms. The molecule has 0 N–H and O–H groups in total.